The molecule has 1 fully saturated rings. The number of nitrogens with zero attached hydrogens (tertiary/aromatic N) is 1. The molecule has 0 saturated carbocycles. The number of nitrogens with one attached hydrogen (secondary N) is 2. The Morgan fingerprint density at radius 1 is 1.44 bits per heavy atom. The number of hydrogen-bond donors (Lipinski definition) is 2. The first kappa shape index (κ1) is 12.4. The van der Waals surface area contributed by atoms with Crippen LogP contribution in [-0.2, 0) is 11.2 Å². The van der Waals surface area contributed by atoms with Gasteiger partial charge in [-0.2, -0.15) is 0 Å². The summed E-state index contributed by atoms with van der Waals surface area (Å²) in [7, 11) is 0. The molecule has 0 aliphatic carbocycles. The van der Waals surface area contributed by atoms with Crippen LogP contribution in [0.1, 0.15) is 12.5 Å². The van der Waals surface area contributed by atoms with Gasteiger partial charge in [0.25, 0.3) is 0 Å². The molecule has 0 radical (unpaired) electrons. The molecule has 0 bridgehead atoms. The van der Waals surface area contributed by atoms with Gasteiger partial charge in [0, 0.05) is 18.8 Å². The number of anilines is 1. The molecule has 5 nitrogen and oxygen atoms in total. The van der Waals surface area contributed by atoms with Gasteiger partial charge >= 0.3 is 6.03 Å². The van der Waals surface area contributed by atoms with Gasteiger partial charge in [0.1, 0.15) is 0 Å². The first-order valence-electron chi connectivity index (χ1n) is 6.12. The SMILES string of the molecule is CCc1ccccc1NCC(=O)N1CCNC1=O. The van der Waals surface area contributed by atoms with Crippen LogP contribution in [0.2, 0.25) is 0 Å². The molecule has 1 aliphatic rings. The fourth-order valence-corrected chi connectivity index (χ4v) is 1.98. The molecule has 18 heavy (non-hydrogen) atoms. The maximum atomic E-state index is 11.8. The van der Waals surface area contributed by atoms with Crippen molar-refractivity contribution in [2.24, 2.45) is 0 Å². The molecular formula is C13H17N3O2. The number of rotatable bonds is 4. The summed E-state index contributed by atoms with van der Waals surface area (Å²) in [6, 6.07) is 7.56. The average Bonchev–Trinajstić information content (AvgIpc) is 2.82. The molecule has 96 valence electrons. The zero-order valence-electron chi connectivity index (χ0n) is 10.4. The van der Waals surface area contributed by atoms with Crippen LogP contribution in [0.4, 0.5) is 10.5 Å². The number of imide groups is 1. The van der Waals surface area contributed by atoms with Crippen LogP contribution < -0.4 is 10.6 Å². The molecule has 1 heterocycles. The molecule has 1 aromatic rings. The molecule has 0 unspecified atom stereocenters. The van der Waals surface area contributed by atoms with E-state index in [0.717, 1.165) is 17.7 Å². The van der Waals surface area contributed by atoms with Gasteiger partial charge in [-0.05, 0) is 18.1 Å². The Labute approximate surface area is 106 Å². The van der Waals surface area contributed by atoms with Gasteiger partial charge in [0.2, 0.25) is 5.91 Å². The number of carbonyl (C=O) groups excluding carboxylic acids is 2. The Morgan fingerprint density at radius 3 is 2.89 bits per heavy atom. The van der Waals surface area contributed by atoms with Crippen molar-refractivity contribution in [1.82, 2.24) is 10.2 Å². The summed E-state index contributed by atoms with van der Waals surface area (Å²) in [5, 5.41) is 5.70. The second kappa shape index (κ2) is 5.53. The molecule has 0 spiro atoms. The maximum Gasteiger partial charge on any atom is 0.324 e. The normalized spacial score (nSPS) is 14.5. The molecule has 0 atom stereocenters. The fourth-order valence-electron chi connectivity index (χ4n) is 1.98. The van der Waals surface area contributed by atoms with Crippen molar-refractivity contribution in [2.45, 2.75) is 13.3 Å². The van der Waals surface area contributed by atoms with Gasteiger partial charge in [0.15, 0.2) is 0 Å². The van der Waals surface area contributed by atoms with E-state index in [2.05, 4.69) is 17.6 Å². The highest BCUT2D eigenvalue weighted by molar-refractivity contribution is 5.97. The van der Waals surface area contributed by atoms with Gasteiger partial charge in [0.05, 0.1) is 6.54 Å². The molecule has 0 aromatic heterocycles. The lowest BCUT2D eigenvalue weighted by atomic mass is 10.1. The maximum absolute atomic E-state index is 11.8. The largest absolute Gasteiger partial charge is 0.376 e. The van der Waals surface area contributed by atoms with Crippen LogP contribution in [0.25, 0.3) is 0 Å². The molecule has 3 amide bonds. The van der Waals surface area contributed by atoms with Crippen LogP contribution in [0.15, 0.2) is 24.3 Å². The van der Waals surface area contributed by atoms with E-state index in [1.807, 2.05) is 24.3 Å². The summed E-state index contributed by atoms with van der Waals surface area (Å²) >= 11 is 0. The van der Waals surface area contributed by atoms with Crippen molar-refractivity contribution in [1.29, 1.82) is 0 Å². The number of amides is 3. The molecule has 2 rings (SSSR count). The third-order valence-electron chi connectivity index (χ3n) is 2.99. The van der Waals surface area contributed by atoms with Crippen molar-refractivity contribution < 1.29 is 9.59 Å². The van der Waals surface area contributed by atoms with E-state index < -0.39 is 0 Å². The second-order valence-corrected chi connectivity index (χ2v) is 4.14. The van der Waals surface area contributed by atoms with E-state index in [9.17, 15) is 9.59 Å². The Balaban J connectivity index is 1.95. The topological polar surface area (TPSA) is 61.4 Å². The van der Waals surface area contributed by atoms with E-state index in [-0.39, 0.29) is 18.5 Å². The van der Waals surface area contributed by atoms with Gasteiger partial charge in [-0.3, -0.25) is 9.69 Å². The van der Waals surface area contributed by atoms with Crippen molar-refractivity contribution in [3.63, 3.8) is 0 Å². The monoisotopic (exact) mass is 247 g/mol. The van der Waals surface area contributed by atoms with E-state index in [1.165, 1.54) is 4.90 Å². The number of para-hydroxylation sites is 1. The Bertz CT molecular complexity index is 459. The molecule has 5 heteroatoms. The lowest BCUT2D eigenvalue weighted by molar-refractivity contribution is -0.125. The van der Waals surface area contributed by atoms with Crippen LogP contribution >= 0.6 is 0 Å². The Hall–Kier alpha value is -2.04. The van der Waals surface area contributed by atoms with Gasteiger partial charge < -0.3 is 10.6 Å². The summed E-state index contributed by atoms with van der Waals surface area (Å²) in [4.78, 5) is 24.4. The van der Waals surface area contributed by atoms with Crippen molar-refractivity contribution in [3.05, 3.63) is 29.8 Å². The number of hydrogen-bond acceptors (Lipinski definition) is 3. The number of carbonyl (C=O) groups is 2. The zero-order chi connectivity index (χ0) is 13.0. The highest BCUT2D eigenvalue weighted by Gasteiger charge is 2.25. The Morgan fingerprint density at radius 2 is 2.22 bits per heavy atom. The van der Waals surface area contributed by atoms with Gasteiger partial charge in [-0.1, -0.05) is 25.1 Å². The molecule has 1 aliphatic heterocycles. The smallest absolute Gasteiger partial charge is 0.324 e. The zero-order valence-corrected chi connectivity index (χ0v) is 10.4. The summed E-state index contributed by atoms with van der Waals surface area (Å²) in [5.41, 5.74) is 2.11. The molecule has 1 saturated heterocycles. The summed E-state index contributed by atoms with van der Waals surface area (Å²) in [5.74, 6) is -0.198. The van der Waals surface area contributed by atoms with Crippen molar-refractivity contribution >= 4 is 17.6 Å². The highest BCUT2D eigenvalue weighted by atomic mass is 16.2. The van der Waals surface area contributed by atoms with E-state index in [0.29, 0.717) is 13.1 Å². The third kappa shape index (κ3) is 2.61. The summed E-state index contributed by atoms with van der Waals surface area (Å²) < 4.78 is 0. The quantitative estimate of drug-likeness (QED) is 0.840. The number of aryl methyl sites for hydroxylation is 1. The molecule has 1 aromatic carbocycles. The predicted octanol–water partition coefficient (Wildman–Crippen LogP) is 1.21. The standard InChI is InChI=1S/C13H17N3O2/c1-2-10-5-3-4-6-11(10)15-9-12(17)16-8-7-14-13(16)18/h3-6,15H,2,7-9H2,1H3,(H,14,18). The highest BCUT2D eigenvalue weighted by Crippen LogP contribution is 2.15. The minimum absolute atomic E-state index is 0.143. The number of benzene rings is 1. The fraction of sp³-hybridized carbons (Fsp3) is 0.385. The van der Waals surface area contributed by atoms with E-state index in [4.69, 9.17) is 0 Å². The molecule has 2 N–H and O–H groups in total. The van der Waals surface area contributed by atoms with Crippen LogP contribution in [-0.4, -0.2) is 36.5 Å². The van der Waals surface area contributed by atoms with Crippen molar-refractivity contribution in [2.75, 3.05) is 25.0 Å². The minimum atomic E-state index is -0.300. The first-order valence-corrected chi connectivity index (χ1v) is 6.12. The van der Waals surface area contributed by atoms with Crippen LogP contribution in [0.5, 0.6) is 0 Å². The Kier molecular flexibility index (Phi) is 3.82. The summed E-state index contributed by atoms with van der Waals surface area (Å²) in [6.07, 6.45) is 0.904. The molecular weight excluding hydrogens is 230 g/mol. The third-order valence-corrected chi connectivity index (χ3v) is 2.99. The number of urea groups is 1. The second-order valence-electron chi connectivity index (χ2n) is 4.14. The minimum Gasteiger partial charge on any atom is -0.376 e. The van der Waals surface area contributed by atoms with Gasteiger partial charge in [-0.25, -0.2) is 4.79 Å². The summed E-state index contributed by atoms with van der Waals surface area (Å²) in [6.45, 7) is 3.20. The van der Waals surface area contributed by atoms with Crippen LogP contribution in [0.3, 0.4) is 0 Å². The van der Waals surface area contributed by atoms with Crippen molar-refractivity contribution in [3.8, 4) is 0 Å². The van der Waals surface area contributed by atoms with Crippen LogP contribution in [0, 0.1) is 0 Å². The first-order chi connectivity index (χ1) is 8.72. The lowest BCUT2D eigenvalue weighted by Crippen LogP contribution is -2.38. The predicted molar refractivity (Wildman–Crippen MR) is 69.4 cm³/mol. The van der Waals surface area contributed by atoms with Gasteiger partial charge in [-0.15, -0.1) is 0 Å². The average molecular weight is 247 g/mol. The van der Waals surface area contributed by atoms with E-state index in [1.54, 1.807) is 0 Å². The lowest BCUT2D eigenvalue weighted by Gasteiger charge is -2.14. The van der Waals surface area contributed by atoms with E-state index >= 15 is 0 Å².